The van der Waals surface area contributed by atoms with Crippen molar-refractivity contribution in [2.45, 2.75) is 44.1 Å². The minimum atomic E-state index is -0.936. The van der Waals surface area contributed by atoms with Crippen LogP contribution in [0.3, 0.4) is 0 Å². The van der Waals surface area contributed by atoms with E-state index in [1.165, 1.54) is 0 Å². The van der Waals surface area contributed by atoms with Crippen molar-refractivity contribution in [3.63, 3.8) is 0 Å². The summed E-state index contributed by atoms with van der Waals surface area (Å²) in [5.74, 6) is -0.743. The van der Waals surface area contributed by atoms with Crippen LogP contribution in [-0.2, 0) is 0 Å². The fraction of sp³-hybridized carbons (Fsp3) is 0.333. The van der Waals surface area contributed by atoms with E-state index in [1.807, 2.05) is 13.0 Å². The van der Waals surface area contributed by atoms with E-state index in [0.29, 0.717) is 22.2 Å². The lowest BCUT2D eigenvalue weighted by atomic mass is 10.0. The van der Waals surface area contributed by atoms with Gasteiger partial charge in [0.25, 0.3) is 5.91 Å². The summed E-state index contributed by atoms with van der Waals surface area (Å²) in [4.78, 5) is 23.8. The molecule has 4 rings (SSSR count). The molecular formula is C21H21ClN2O3. The summed E-state index contributed by atoms with van der Waals surface area (Å²) in [6, 6.07) is 10.4. The zero-order valence-electron chi connectivity index (χ0n) is 15.0. The Labute approximate surface area is 162 Å². The standard InChI is InChI=1S/C21H21ClN2O3/c1-21(9-10-21)24-19(25)14-3-2-4-17(18(14)22)23-16-8-7-13(20(26)27)11-15(16)12-5-6-12/h2-4,7-8,11-12,23H,5-6,9-10H2,1H3,(H,24,25)(H,26,27). The smallest absolute Gasteiger partial charge is 0.335 e. The van der Waals surface area contributed by atoms with Crippen molar-refractivity contribution >= 4 is 34.9 Å². The van der Waals surface area contributed by atoms with Crippen LogP contribution in [0, 0.1) is 0 Å². The molecule has 0 atom stereocenters. The number of rotatable bonds is 6. The Bertz CT molecular complexity index is 933. The molecule has 2 fully saturated rings. The molecule has 0 aliphatic heterocycles. The minimum Gasteiger partial charge on any atom is -0.478 e. The third-order valence-corrected chi connectivity index (χ3v) is 5.65. The van der Waals surface area contributed by atoms with Crippen molar-refractivity contribution < 1.29 is 14.7 Å². The number of benzene rings is 2. The molecule has 2 aromatic carbocycles. The third kappa shape index (κ3) is 3.78. The Hall–Kier alpha value is -2.53. The number of halogens is 1. The molecule has 0 heterocycles. The summed E-state index contributed by atoms with van der Waals surface area (Å²) in [5, 5.41) is 15.9. The molecule has 2 aliphatic rings. The summed E-state index contributed by atoms with van der Waals surface area (Å²) in [6.45, 7) is 2.02. The summed E-state index contributed by atoms with van der Waals surface area (Å²) >= 11 is 6.51. The van der Waals surface area contributed by atoms with Gasteiger partial charge in [-0.3, -0.25) is 4.79 Å². The monoisotopic (exact) mass is 384 g/mol. The minimum absolute atomic E-state index is 0.115. The molecule has 0 radical (unpaired) electrons. The molecule has 2 aliphatic carbocycles. The van der Waals surface area contributed by atoms with Gasteiger partial charge in [0, 0.05) is 11.2 Å². The zero-order valence-corrected chi connectivity index (χ0v) is 15.8. The summed E-state index contributed by atoms with van der Waals surface area (Å²) in [7, 11) is 0. The van der Waals surface area contributed by atoms with Crippen molar-refractivity contribution in [3.8, 4) is 0 Å². The quantitative estimate of drug-likeness (QED) is 0.659. The molecule has 0 bridgehead atoms. The maximum Gasteiger partial charge on any atom is 0.335 e. The Balaban J connectivity index is 1.62. The third-order valence-electron chi connectivity index (χ3n) is 5.24. The van der Waals surface area contributed by atoms with E-state index in [2.05, 4.69) is 10.6 Å². The van der Waals surface area contributed by atoms with Gasteiger partial charge in [0.05, 0.1) is 21.8 Å². The average Bonchev–Trinajstić information content (AvgIpc) is 3.54. The van der Waals surface area contributed by atoms with Crippen molar-refractivity contribution in [2.24, 2.45) is 0 Å². The van der Waals surface area contributed by atoms with Crippen molar-refractivity contribution in [1.29, 1.82) is 0 Å². The van der Waals surface area contributed by atoms with Crippen LogP contribution in [0.2, 0.25) is 5.02 Å². The van der Waals surface area contributed by atoms with Gasteiger partial charge >= 0.3 is 5.97 Å². The summed E-state index contributed by atoms with van der Waals surface area (Å²) in [5.41, 5.74) is 3.04. The number of aromatic carboxylic acids is 1. The van der Waals surface area contributed by atoms with E-state index in [4.69, 9.17) is 11.6 Å². The molecule has 27 heavy (non-hydrogen) atoms. The number of carbonyl (C=O) groups is 2. The predicted octanol–water partition coefficient (Wildman–Crippen LogP) is 4.94. The largest absolute Gasteiger partial charge is 0.478 e. The SMILES string of the molecule is CC1(NC(=O)c2cccc(Nc3ccc(C(=O)O)cc3C3CC3)c2Cl)CC1. The van der Waals surface area contributed by atoms with Gasteiger partial charge in [0.15, 0.2) is 0 Å². The van der Waals surface area contributed by atoms with Gasteiger partial charge in [-0.1, -0.05) is 17.7 Å². The van der Waals surface area contributed by atoms with Crippen molar-refractivity contribution in [2.75, 3.05) is 5.32 Å². The molecule has 0 spiro atoms. The van der Waals surface area contributed by atoms with Gasteiger partial charge in [0.2, 0.25) is 0 Å². The first-order valence-corrected chi connectivity index (χ1v) is 9.49. The molecule has 0 saturated heterocycles. The molecule has 1 amide bonds. The zero-order chi connectivity index (χ0) is 19.2. The Kier molecular flexibility index (Phi) is 4.35. The number of amides is 1. The second-order valence-electron chi connectivity index (χ2n) is 7.69. The molecule has 140 valence electrons. The Morgan fingerprint density at radius 3 is 2.52 bits per heavy atom. The van der Waals surface area contributed by atoms with Gasteiger partial charge in [0.1, 0.15) is 0 Å². The van der Waals surface area contributed by atoms with Crippen LogP contribution in [0.25, 0.3) is 0 Å². The number of carbonyl (C=O) groups excluding carboxylic acids is 1. The highest BCUT2D eigenvalue weighted by molar-refractivity contribution is 6.36. The van der Waals surface area contributed by atoms with E-state index < -0.39 is 5.97 Å². The maximum absolute atomic E-state index is 12.5. The van der Waals surface area contributed by atoms with Gasteiger partial charge in [-0.25, -0.2) is 4.79 Å². The molecule has 5 nitrogen and oxygen atoms in total. The normalized spacial score (nSPS) is 17.3. The highest BCUT2D eigenvalue weighted by atomic mass is 35.5. The number of anilines is 2. The fourth-order valence-corrected chi connectivity index (χ4v) is 3.40. The number of hydrogen-bond acceptors (Lipinski definition) is 3. The predicted molar refractivity (Wildman–Crippen MR) is 105 cm³/mol. The second kappa shape index (κ2) is 6.57. The molecule has 0 unspecified atom stereocenters. The van der Waals surface area contributed by atoms with Crippen LogP contribution in [0.5, 0.6) is 0 Å². The summed E-state index contributed by atoms with van der Waals surface area (Å²) in [6.07, 6.45) is 4.06. The number of carboxylic acid groups (broad SMARTS) is 1. The van der Waals surface area contributed by atoms with Gasteiger partial charge < -0.3 is 15.7 Å². The number of hydrogen-bond donors (Lipinski definition) is 3. The van der Waals surface area contributed by atoms with Gasteiger partial charge in [-0.05, 0) is 74.4 Å². The van der Waals surface area contributed by atoms with E-state index in [9.17, 15) is 14.7 Å². The highest BCUT2D eigenvalue weighted by Gasteiger charge is 2.39. The molecule has 0 aromatic heterocycles. The maximum atomic E-state index is 12.5. The Morgan fingerprint density at radius 2 is 1.89 bits per heavy atom. The topological polar surface area (TPSA) is 78.4 Å². The van der Waals surface area contributed by atoms with Crippen molar-refractivity contribution in [1.82, 2.24) is 5.32 Å². The van der Waals surface area contributed by atoms with Crippen LogP contribution in [0.15, 0.2) is 36.4 Å². The van der Waals surface area contributed by atoms with E-state index in [-0.39, 0.29) is 17.0 Å². The highest BCUT2D eigenvalue weighted by Crippen LogP contribution is 2.45. The van der Waals surface area contributed by atoms with E-state index >= 15 is 0 Å². The average molecular weight is 385 g/mol. The molecule has 6 heteroatoms. The van der Waals surface area contributed by atoms with Crippen LogP contribution in [-0.4, -0.2) is 22.5 Å². The second-order valence-corrected chi connectivity index (χ2v) is 8.07. The van der Waals surface area contributed by atoms with Gasteiger partial charge in [-0.2, -0.15) is 0 Å². The Morgan fingerprint density at radius 1 is 1.15 bits per heavy atom. The van der Waals surface area contributed by atoms with Crippen molar-refractivity contribution in [3.05, 3.63) is 58.1 Å². The van der Waals surface area contributed by atoms with Crippen LogP contribution >= 0.6 is 11.6 Å². The van der Waals surface area contributed by atoms with E-state index in [1.54, 1.807) is 30.3 Å². The molecule has 2 saturated carbocycles. The molecule has 2 aromatic rings. The lowest BCUT2D eigenvalue weighted by Gasteiger charge is -2.17. The lowest BCUT2D eigenvalue weighted by molar-refractivity contribution is 0.0696. The first-order chi connectivity index (χ1) is 12.9. The van der Waals surface area contributed by atoms with Crippen LogP contribution in [0.4, 0.5) is 11.4 Å². The van der Waals surface area contributed by atoms with Crippen LogP contribution in [0.1, 0.15) is 64.8 Å². The first kappa shape index (κ1) is 17.9. The van der Waals surface area contributed by atoms with E-state index in [0.717, 1.165) is 36.9 Å². The van der Waals surface area contributed by atoms with Gasteiger partial charge in [-0.15, -0.1) is 0 Å². The lowest BCUT2D eigenvalue weighted by Crippen LogP contribution is -2.34. The summed E-state index contributed by atoms with van der Waals surface area (Å²) < 4.78 is 0. The molecular weight excluding hydrogens is 364 g/mol. The number of carboxylic acids is 1. The van der Waals surface area contributed by atoms with Crippen LogP contribution < -0.4 is 10.6 Å². The first-order valence-electron chi connectivity index (χ1n) is 9.12. The number of nitrogens with one attached hydrogen (secondary N) is 2. The molecule has 3 N–H and O–H groups in total. The fourth-order valence-electron chi connectivity index (χ4n) is 3.14.